The van der Waals surface area contributed by atoms with Crippen LogP contribution in [0, 0.1) is 5.41 Å². The van der Waals surface area contributed by atoms with Gasteiger partial charge in [-0.3, -0.25) is 14.7 Å². The summed E-state index contributed by atoms with van der Waals surface area (Å²) in [6.45, 7) is 0.420. The number of ether oxygens (including phenoxy) is 2. The van der Waals surface area contributed by atoms with Crippen LogP contribution in [0.4, 0.5) is 0 Å². The summed E-state index contributed by atoms with van der Waals surface area (Å²) in [5.74, 6) is -1.95. The van der Waals surface area contributed by atoms with Crippen LogP contribution in [0.3, 0.4) is 0 Å². The quantitative estimate of drug-likeness (QED) is 0.212. The topological polar surface area (TPSA) is 144 Å². The largest absolute Gasteiger partial charge is 0.458 e. The van der Waals surface area contributed by atoms with E-state index in [2.05, 4.69) is 20.7 Å². The van der Waals surface area contributed by atoms with Crippen molar-refractivity contribution >= 4 is 17.8 Å². The summed E-state index contributed by atoms with van der Waals surface area (Å²) in [4.78, 5) is 38.1. The second-order valence-corrected chi connectivity index (χ2v) is 9.95. The predicted octanol–water partition coefficient (Wildman–Crippen LogP) is 3.49. The molecule has 0 bridgehead atoms. The zero-order valence-electron chi connectivity index (χ0n) is 22.7. The van der Waals surface area contributed by atoms with E-state index in [0.29, 0.717) is 6.42 Å². The van der Waals surface area contributed by atoms with Crippen LogP contribution in [0.15, 0.2) is 91.1 Å². The zero-order valence-corrected chi connectivity index (χ0v) is 22.7. The molecule has 41 heavy (non-hydrogen) atoms. The number of benzene rings is 3. The molecular formula is C31H32N4O6. The van der Waals surface area contributed by atoms with Gasteiger partial charge in [0.2, 0.25) is 0 Å². The Morgan fingerprint density at radius 1 is 0.902 bits per heavy atom. The summed E-state index contributed by atoms with van der Waals surface area (Å²) in [6.07, 6.45) is 1.70. The van der Waals surface area contributed by atoms with Gasteiger partial charge in [0.25, 0.3) is 5.91 Å². The molecule has 1 unspecified atom stereocenters. The molecule has 0 aliphatic rings. The van der Waals surface area contributed by atoms with Gasteiger partial charge in [-0.25, -0.2) is 4.79 Å². The summed E-state index contributed by atoms with van der Waals surface area (Å²) in [5, 5.41) is 22.9. The van der Waals surface area contributed by atoms with Crippen molar-refractivity contribution < 1.29 is 29.0 Å². The van der Waals surface area contributed by atoms with Gasteiger partial charge in [-0.2, -0.15) is 0 Å². The fourth-order valence-electron chi connectivity index (χ4n) is 4.33. The summed E-state index contributed by atoms with van der Waals surface area (Å²) in [5.41, 5.74) is 2.58. The average molecular weight is 557 g/mol. The van der Waals surface area contributed by atoms with Crippen molar-refractivity contribution in [2.75, 3.05) is 13.2 Å². The lowest BCUT2D eigenvalue weighted by molar-refractivity contribution is -0.168. The highest BCUT2D eigenvalue weighted by molar-refractivity contribution is 5.92. The van der Waals surface area contributed by atoms with Gasteiger partial charge in [-0.05, 0) is 42.0 Å². The van der Waals surface area contributed by atoms with Crippen LogP contribution in [-0.2, 0) is 32.1 Å². The molecule has 3 aromatic carbocycles. The van der Waals surface area contributed by atoms with Crippen molar-refractivity contribution in [3.8, 4) is 11.1 Å². The minimum atomic E-state index is -1.41. The SMILES string of the molecule is CC(CO)(C[C@@H](Cc1ccc(-c2ccccc2)cc1)NC(=O)c1cnn[nH]1)C(=O)OCC(=O)OCc1ccccc1. The van der Waals surface area contributed by atoms with Gasteiger partial charge in [0.05, 0.1) is 18.2 Å². The Morgan fingerprint density at radius 2 is 1.56 bits per heavy atom. The highest BCUT2D eigenvalue weighted by Gasteiger charge is 2.38. The number of aromatic amines is 1. The van der Waals surface area contributed by atoms with Gasteiger partial charge in [-0.1, -0.05) is 90.1 Å². The van der Waals surface area contributed by atoms with Gasteiger partial charge in [0, 0.05) is 6.04 Å². The molecule has 4 aromatic rings. The lowest BCUT2D eigenvalue weighted by atomic mass is 9.82. The van der Waals surface area contributed by atoms with E-state index >= 15 is 0 Å². The van der Waals surface area contributed by atoms with Gasteiger partial charge >= 0.3 is 11.9 Å². The Kier molecular flexibility index (Phi) is 9.95. The van der Waals surface area contributed by atoms with Gasteiger partial charge in [0.15, 0.2) is 6.61 Å². The minimum Gasteiger partial charge on any atom is -0.458 e. The average Bonchev–Trinajstić information content (AvgIpc) is 3.55. The molecule has 4 rings (SSSR count). The number of hydrogen-bond acceptors (Lipinski definition) is 8. The number of aromatic nitrogens is 3. The number of aliphatic hydroxyl groups is 1. The first-order chi connectivity index (χ1) is 19.9. The number of rotatable bonds is 13. The van der Waals surface area contributed by atoms with Crippen molar-refractivity contribution in [2.24, 2.45) is 5.41 Å². The number of nitrogens with one attached hydrogen (secondary N) is 2. The van der Waals surface area contributed by atoms with E-state index < -0.39 is 42.5 Å². The molecule has 0 saturated heterocycles. The second-order valence-electron chi connectivity index (χ2n) is 9.95. The number of carbonyl (C=O) groups excluding carboxylic acids is 3. The molecular weight excluding hydrogens is 524 g/mol. The molecule has 10 heteroatoms. The maximum Gasteiger partial charge on any atom is 0.344 e. The molecule has 0 radical (unpaired) electrons. The smallest absolute Gasteiger partial charge is 0.344 e. The number of amides is 1. The Labute approximate surface area is 237 Å². The van der Waals surface area contributed by atoms with Crippen LogP contribution in [0.25, 0.3) is 11.1 Å². The molecule has 0 saturated carbocycles. The van der Waals surface area contributed by atoms with Gasteiger partial charge in [-0.15, -0.1) is 5.10 Å². The molecule has 0 aliphatic carbocycles. The molecule has 0 spiro atoms. The lowest BCUT2D eigenvalue weighted by Crippen LogP contribution is -2.45. The maximum absolute atomic E-state index is 13.0. The first-order valence-electron chi connectivity index (χ1n) is 13.2. The highest BCUT2D eigenvalue weighted by Crippen LogP contribution is 2.27. The molecule has 10 nitrogen and oxygen atoms in total. The number of carbonyl (C=O) groups is 3. The van der Waals surface area contributed by atoms with E-state index in [1.165, 1.54) is 13.1 Å². The Bertz CT molecular complexity index is 1410. The van der Waals surface area contributed by atoms with Crippen LogP contribution in [0.5, 0.6) is 0 Å². The van der Waals surface area contributed by atoms with Crippen LogP contribution in [0.1, 0.15) is 35.0 Å². The monoisotopic (exact) mass is 556 g/mol. The number of nitrogens with zero attached hydrogens (tertiary/aromatic N) is 2. The van der Waals surface area contributed by atoms with Crippen LogP contribution < -0.4 is 5.32 Å². The lowest BCUT2D eigenvalue weighted by Gasteiger charge is -2.30. The first-order valence-corrected chi connectivity index (χ1v) is 13.2. The molecule has 0 aliphatic heterocycles. The molecule has 1 aromatic heterocycles. The van der Waals surface area contributed by atoms with Crippen molar-refractivity contribution in [3.05, 3.63) is 108 Å². The Morgan fingerprint density at radius 3 is 2.20 bits per heavy atom. The maximum atomic E-state index is 13.0. The number of hydrogen-bond donors (Lipinski definition) is 3. The summed E-state index contributed by atoms with van der Waals surface area (Å²) in [6, 6.07) is 26.4. The van der Waals surface area contributed by atoms with Gasteiger partial charge in [0.1, 0.15) is 12.3 Å². The summed E-state index contributed by atoms with van der Waals surface area (Å²) < 4.78 is 10.4. The third kappa shape index (κ3) is 8.33. The van der Waals surface area contributed by atoms with Gasteiger partial charge < -0.3 is 19.9 Å². The van der Waals surface area contributed by atoms with Crippen molar-refractivity contribution in [3.63, 3.8) is 0 Å². The summed E-state index contributed by atoms with van der Waals surface area (Å²) >= 11 is 0. The Balaban J connectivity index is 1.42. The molecule has 212 valence electrons. The molecule has 2 atom stereocenters. The summed E-state index contributed by atoms with van der Waals surface area (Å²) in [7, 11) is 0. The highest BCUT2D eigenvalue weighted by atomic mass is 16.6. The molecule has 1 amide bonds. The van der Waals surface area contributed by atoms with E-state index in [-0.39, 0.29) is 18.7 Å². The van der Waals surface area contributed by atoms with Crippen molar-refractivity contribution in [1.29, 1.82) is 0 Å². The standard InChI is InChI=1S/C31H32N4O6/c1-31(21-36,30(39)41-20-28(37)40-19-23-8-4-2-5-9-23)17-26(33-29(38)27-18-32-35-34-27)16-22-12-14-25(15-13-22)24-10-6-3-7-11-24/h2-15,18,26,36H,16-17,19-21H2,1H3,(H,33,38)(H,32,34,35)/t26-,31?/m1/s1. The van der Waals surface area contributed by atoms with E-state index in [0.717, 1.165) is 22.3 Å². The van der Waals surface area contributed by atoms with E-state index in [1.807, 2.05) is 84.9 Å². The fourth-order valence-corrected chi connectivity index (χ4v) is 4.33. The number of aliphatic hydroxyl groups excluding tert-OH is 1. The number of esters is 2. The third-order valence-electron chi connectivity index (χ3n) is 6.64. The van der Waals surface area contributed by atoms with E-state index in [4.69, 9.17) is 9.47 Å². The minimum absolute atomic E-state index is 0.0368. The fraction of sp³-hybridized carbons (Fsp3) is 0.258. The Hall–Kier alpha value is -4.83. The van der Waals surface area contributed by atoms with E-state index in [1.54, 1.807) is 0 Å². The van der Waals surface area contributed by atoms with E-state index in [9.17, 15) is 19.5 Å². The second kappa shape index (κ2) is 14.0. The van der Waals surface area contributed by atoms with Crippen LogP contribution in [-0.4, -0.2) is 57.6 Å². The first kappa shape index (κ1) is 29.2. The normalized spacial score (nSPS) is 13.0. The molecule has 3 N–H and O–H groups in total. The molecule has 1 heterocycles. The van der Waals surface area contributed by atoms with Crippen LogP contribution in [0.2, 0.25) is 0 Å². The number of H-pyrrole nitrogens is 1. The third-order valence-corrected chi connectivity index (χ3v) is 6.64. The molecule has 0 fully saturated rings. The zero-order chi connectivity index (χ0) is 29.1. The van der Waals surface area contributed by atoms with Crippen molar-refractivity contribution in [2.45, 2.75) is 32.4 Å². The van der Waals surface area contributed by atoms with Crippen LogP contribution >= 0.6 is 0 Å². The van der Waals surface area contributed by atoms with Crippen molar-refractivity contribution in [1.82, 2.24) is 20.7 Å². The predicted molar refractivity (Wildman–Crippen MR) is 150 cm³/mol.